The Balaban J connectivity index is 1.35. The molecule has 9 nitrogen and oxygen atoms in total. The van der Waals surface area contributed by atoms with Crippen LogP contribution in [0.1, 0.15) is 34.7 Å². The van der Waals surface area contributed by atoms with E-state index in [1.54, 1.807) is 24.3 Å². The molecule has 0 saturated carbocycles. The zero-order valence-electron chi connectivity index (χ0n) is 25.1. The summed E-state index contributed by atoms with van der Waals surface area (Å²) in [6, 6.07) is 26.8. The van der Waals surface area contributed by atoms with E-state index < -0.39 is 18.0 Å². The molecule has 0 saturated heterocycles. The highest BCUT2D eigenvalue weighted by molar-refractivity contribution is 5.89. The highest BCUT2D eigenvalue weighted by atomic mass is 16.6. The van der Waals surface area contributed by atoms with Crippen LogP contribution >= 0.6 is 0 Å². The predicted molar refractivity (Wildman–Crippen MR) is 169 cm³/mol. The molecule has 0 aromatic heterocycles. The highest BCUT2D eigenvalue weighted by Crippen LogP contribution is 2.36. The normalized spacial score (nSPS) is 13.6. The SMILES string of the molecule is Cc1c(COc2ccc(CN=CC(C(=O)O)C(C)O)c(OCc3cccc(C#N)c3)c2)cccc1-c1ccc2c(c1)OCCO2. The third-order valence-electron chi connectivity index (χ3n) is 7.52. The average molecular weight is 607 g/mol. The van der Waals surface area contributed by atoms with Crippen molar-refractivity contribution >= 4 is 12.2 Å². The predicted octanol–water partition coefficient (Wildman–Crippen LogP) is 6.12. The number of fused-ring (bicyclic) bond motifs is 1. The summed E-state index contributed by atoms with van der Waals surface area (Å²) in [5.74, 6) is 0.307. The maximum atomic E-state index is 11.5. The van der Waals surface area contributed by atoms with Crippen molar-refractivity contribution in [3.05, 3.63) is 107 Å². The summed E-state index contributed by atoms with van der Waals surface area (Å²) < 4.78 is 23.8. The van der Waals surface area contributed by atoms with Gasteiger partial charge in [0.05, 0.1) is 24.3 Å². The minimum atomic E-state index is -1.15. The van der Waals surface area contributed by atoms with Gasteiger partial charge in [-0.3, -0.25) is 9.79 Å². The summed E-state index contributed by atoms with van der Waals surface area (Å²) >= 11 is 0. The van der Waals surface area contributed by atoms with E-state index in [4.69, 9.17) is 18.9 Å². The van der Waals surface area contributed by atoms with Crippen molar-refractivity contribution in [1.29, 1.82) is 5.26 Å². The first kappa shape index (κ1) is 31.1. The van der Waals surface area contributed by atoms with Crippen LogP contribution in [0.25, 0.3) is 11.1 Å². The van der Waals surface area contributed by atoms with Gasteiger partial charge < -0.3 is 29.2 Å². The van der Waals surface area contributed by atoms with Crippen LogP contribution in [0.2, 0.25) is 0 Å². The van der Waals surface area contributed by atoms with Crippen LogP contribution in [-0.4, -0.2) is 41.7 Å². The first-order valence-corrected chi connectivity index (χ1v) is 14.6. The van der Waals surface area contributed by atoms with Crippen LogP contribution in [0.4, 0.5) is 0 Å². The van der Waals surface area contributed by atoms with Gasteiger partial charge in [-0.15, -0.1) is 0 Å². The third-order valence-corrected chi connectivity index (χ3v) is 7.52. The van der Waals surface area contributed by atoms with Crippen LogP contribution in [0.5, 0.6) is 23.0 Å². The van der Waals surface area contributed by atoms with Gasteiger partial charge >= 0.3 is 5.97 Å². The Labute approximate surface area is 261 Å². The van der Waals surface area contributed by atoms with Gasteiger partial charge in [-0.05, 0) is 78.1 Å². The summed E-state index contributed by atoms with van der Waals surface area (Å²) in [4.78, 5) is 15.7. The molecule has 0 amide bonds. The zero-order valence-corrected chi connectivity index (χ0v) is 25.1. The fourth-order valence-electron chi connectivity index (χ4n) is 4.97. The van der Waals surface area contributed by atoms with E-state index in [0.717, 1.165) is 39.3 Å². The molecular weight excluding hydrogens is 572 g/mol. The molecule has 1 aliphatic rings. The molecule has 0 spiro atoms. The van der Waals surface area contributed by atoms with Crippen molar-refractivity contribution < 1.29 is 34.0 Å². The standard InChI is InChI=1S/C36H34N2O7/c1-23-29(7-4-8-31(23)27-10-12-33-35(16-27)43-14-13-42-33)22-44-30-11-9-28(19-38-20-32(24(2)39)36(40)41)34(17-30)45-21-26-6-3-5-25(15-26)18-37/h3-12,15-17,20,24,32,39H,13-14,19,21-22H2,1-2H3,(H,40,41). The number of nitriles is 1. The van der Waals surface area contributed by atoms with Gasteiger partial charge in [-0.25, -0.2) is 0 Å². The molecule has 2 unspecified atom stereocenters. The molecule has 1 heterocycles. The Morgan fingerprint density at radius 3 is 2.56 bits per heavy atom. The smallest absolute Gasteiger partial charge is 0.314 e. The van der Waals surface area contributed by atoms with E-state index in [1.165, 1.54) is 13.1 Å². The lowest BCUT2D eigenvalue weighted by atomic mass is 9.96. The van der Waals surface area contributed by atoms with Gasteiger partial charge in [0.15, 0.2) is 11.5 Å². The number of benzene rings is 4. The Morgan fingerprint density at radius 2 is 1.78 bits per heavy atom. The third kappa shape index (κ3) is 7.80. The molecule has 2 N–H and O–H groups in total. The molecule has 0 radical (unpaired) electrons. The molecule has 1 aliphatic heterocycles. The maximum Gasteiger partial charge on any atom is 0.314 e. The number of carboxylic acids is 1. The molecule has 230 valence electrons. The van der Waals surface area contributed by atoms with E-state index in [9.17, 15) is 20.3 Å². The van der Waals surface area contributed by atoms with E-state index in [0.29, 0.717) is 42.4 Å². The lowest BCUT2D eigenvalue weighted by Gasteiger charge is -2.20. The van der Waals surface area contributed by atoms with Gasteiger partial charge in [0.25, 0.3) is 0 Å². The van der Waals surface area contributed by atoms with Crippen molar-refractivity contribution in [2.75, 3.05) is 13.2 Å². The van der Waals surface area contributed by atoms with Gasteiger partial charge in [0, 0.05) is 17.8 Å². The number of nitrogens with zero attached hydrogens (tertiary/aromatic N) is 2. The van der Waals surface area contributed by atoms with E-state index in [1.807, 2.05) is 48.5 Å². The molecule has 2 atom stereocenters. The first-order chi connectivity index (χ1) is 21.8. The van der Waals surface area contributed by atoms with Crippen molar-refractivity contribution in [2.45, 2.75) is 39.7 Å². The molecular formula is C36H34N2O7. The Morgan fingerprint density at radius 1 is 0.978 bits per heavy atom. The monoisotopic (exact) mass is 606 g/mol. The van der Waals surface area contributed by atoms with Crippen molar-refractivity contribution in [3.8, 4) is 40.2 Å². The van der Waals surface area contributed by atoms with E-state index >= 15 is 0 Å². The van der Waals surface area contributed by atoms with Gasteiger partial charge in [-0.2, -0.15) is 5.26 Å². The number of aliphatic carboxylic acids is 1. The van der Waals surface area contributed by atoms with Gasteiger partial charge in [0.1, 0.15) is 43.8 Å². The van der Waals surface area contributed by atoms with Crippen LogP contribution < -0.4 is 18.9 Å². The van der Waals surface area contributed by atoms with Crippen LogP contribution in [0.15, 0.2) is 83.9 Å². The molecule has 5 rings (SSSR count). The lowest BCUT2D eigenvalue weighted by Crippen LogP contribution is -2.26. The number of carbonyl (C=O) groups is 1. The molecule has 0 aliphatic carbocycles. The van der Waals surface area contributed by atoms with Gasteiger partial charge in [0.2, 0.25) is 0 Å². The fraction of sp³-hybridized carbons (Fsp3) is 0.250. The molecule has 4 aromatic carbocycles. The van der Waals surface area contributed by atoms with E-state index in [2.05, 4.69) is 24.1 Å². The molecule has 0 bridgehead atoms. The summed E-state index contributed by atoms with van der Waals surface area (Å²) in [7, 11) is 0. The molecule has 4 aromatic rings. The molecule has 45 heavy (non-hydrogen) atoms. The van der Waals surface area contributed by atoms with E-state index in [-0.39, 0.29) is 13.2 Å². The fourth-order valence-corrected chi connectivity index (χ4v) is 4.97. The Hall–Kier alpha value is -5.33. The summed E-state index contributed by atoms with van der Waals surface area (Å²) in [6.45, 7) is 5.21. The van der Waals surface area contributed by atoms with Gasteiger partial charge in [-0.1, -0.05) is 36.4 Å². The quantitative estimate of drug-likeness (QED) is 0.185. The largest absolute Gasteiger partial charge is 0.489 e. The second kappa shape index (κ2) is 14.4. The minimum Gasteiger partial charge on any atom is -0.489 e. The maximum absolute atomic E-state index is 11.5. The summed E-state index contributed by atoms with van der Waals surface area (Å²) in [6.07, 6.45) is 0.163. The number of aliphatic hydroxyl groups is 1. The summed E-state index contributed by atoms with van der Waals surface area (Å²) in [5.41, 5.74) is 6.26. The number of hydrogen-bond donors (Lipinski definition) is 2. The number of carboxylic acid groups (broad SMARTS) is 1. The highest BCUT2D eigenvalue weighted by Gasteiger charge is 2.20. The number of rotatable bonds is 12. The van der Waals surface area contributed by atoms with Crippen LogP contribution in [-0.2, 0) is 24.6 Å². The first-order valence-electron chi connectivity index (χ1n) is 14.6. The zero-order chi connectivity index (χ0) is 31.8. The average Bonchev–Trinajstić information content (AvgIpc) is 3.05. The Bertz CT molecular complexity index is 1740. The van der Waals surface area contributed by atoms with Crippen molar-refractivity contribution in [1.82, 2.24) is 0 Å². The van der Waals surface area contributed by atoms with Crippen LogP contribution in [0.3, 0.4) is 0 Å². The second-order valence-corrected chi connectivity index (χ2v) is 10.7. The van der Waals surface area contributed by atoms with Crippen molar-refractivity contribution in [3.63, 3.8) is 0 Å². The number of aliphatic imine (C=N–C) groups is 1. The number of aliphatic hydroxyl groups excluding tert-OH is 1. The summed E-state index contributed by atoms with van der Waals surface area (Å²) in [5, 5.41) is 28.4. The topological polar surface area (TPSA) is 131 Å². The second-order valence-electron chi connectivity index (χ2n) is 10.7. The van der Waals surface area contributed by atoms with Crippen molar-refractivity contribution in [2.24, 2.45) is 10.9 Å². The number of ether oxygens (including phenoxy) is 4. The number of hydrogen-bond acceptors (Lipinski definition) is 8. The Kier molecular flexibility index (Phi) is 9.97. The van der Waals surface area contributed by atoms with Crippen LogP contribution in [0, 0.1) is 24.2 Å². The minimum absolute atomic E-state index is 0.140. The lowest BCUT2D eigenvalue weighted by molar-refractivity contribution is -0.141. The molecule has 9 heteroatoms. The molecule has 0 fully saturated rings.